The van der Waals surface area contributed by atoms with E-state index in [2.05, 4.69) is 19.1 Å². The molecule has 0 bridgehead atoms. The molecule has 0 radical (unpaired) electrons. The molecule has 0 aromatic rings. The Morgan fingerprint density at radius 2 is 1.00 bits per heavy atom. The van der Waals surface area contributed by atoms with Gasteiger partial charge >= 0.3 is 5.97 Å². The van der Waals surface area contributed by atoms with Gasteiger partial charge < -0.3 is 9.84 Å². The molecule has 0 amide bonds. The molecule has 3 nitrogen and oxygen atoms in total. The molecule has 0 saturated heterocycles. The average molecular weight is 467 g/mol. The highest BCUT2D eigenvalue weighted by Crippen LogP contribution is 2.13. The maximum Gasteiger partial charge on any atom is 0.305 e. The monoisotopic (exact) mass is 466 g/mol. The normalized spacial score (nSPS) is 11.5. The van der Waals surface area contributed by atoms with Gasteiger partial charge in [-0.05, 0) is 38.5 Å². The summed E-state index contributed by atoms with van der Waals surface area (Å²) < 4.78 is 5.39. The zero-order valence-electron chi connectivity index (χ0n) is 22.3. The Morgan fingerprint density at radius 3 is 1.52 bits per heavy atom. The lowest BCUT2D eigenvalue weighted by Gasteiger charge is -2.05. The average Bonchev–Trinajstić information content (AvgIpc) is 2.82. The minimum absolute atomic E-state index is 0.00209. The van der Waals surface area contributed by atoms with E-state index in [9.17, 15) is 4.79 Å². The molecule has 0 unspecified atom stereocenters. The van der Waals surface area contributed by atoms with Crippen LogP contribution in [0.5, 0.6) is 0 Å². The third kappa shape index (κ3) is 29.1. The summed E-state index contributed by atoms with van der Waals surface area (Å²) in [7, 11) is 0. The fraction of sp³-hybridized carbons (Fsp3) is 0.900. The highest BCUT2D eigenvalue weighted by atomic mass is 16.5. The third-order valence-electron chi connectivity index (χ3n) is 6.46. The Morgan fingerprint density at radius 1 is 0.576 bits per heavy atom. The standard InChI is InChI=1S/C30H58O3/c1-2-3-4-5-6-7-12-15-18-21-24-27-30(32)33-29-26-23-20-17-14-11-9-8-10-13-16-19-22-25-28-31/h5-6,31H,2-4,7-29H2,1H3/b6-5-. The molecule has 0 atom stereocenters. The van der Waals surface area contributed by atoms with Crippen LogP contribution in [0.4, 0.5) is 0 Å². The molecule has 196 valence electrons. The molecule has 3 heteroatoms. The number of rotatable bonds is 27. The number of allylic oxidation sites excluding steroid dienone is 2. The van der Waals surface area contributed by atoms with Crippen LogP contribution in [0.3, 0.4) is 0 Å². The van der Waals surface area contributed by atoms with Crippen molar-refractivity contribution in [2.24, 2.45) is 0 Å². The van der Waals surface area contributed by atoms with Crippen LogP contribution in [0.2, 0.25) is 0 Å². The van der Waals surface area contributed by atoms with E-state index in [1.165, 1.54) is 122 Å². The van der Waals surface area contributed by atoms with Crippen LogP contribution < -0.4 is 0 Å². The molecule has 0 aromatic heterocycles. The Hall–Kier alpha value is -0.830. The first kappa shape index (κ1) is 32.2. The molecule has 0 aliphatic heterocycles. The van der Waals surface area contributed by atoms with E-state index in [1.807, 2.05) is 0 Å². The summed E-state index contributed by atoms with van der Waals surface area (Å²) >= 11 is 0. The van der Waals surface area contributed by atoms with Gasteiger partial charge in [-0.15, -0.1) is 0 Å². The van der Waals surface area contributed by atoms with E-state index < -0.39 is 0 Å². The third-order valence-corrected chi connectivity index (χ3v) is 6.46. The highest BCUT2D eigenvalue weighted by Gasteiger charge is 2.02. The van der Waals surface area contributed by atoms with Crippen LogP contribution in [-0.2, 0) is 9.53 Å². The first-order valence-corrected chi connectivity index (χ1v) is 14.7. The summed E-state index contributed by atoms with van der Waals surface area (Å²) in [6.45, 7) is 3.20. The van der Waals surface area contributed by atoms with Crippen molar-refractivity contribution < 1.29 is 14.6 Å². The molecule has 0 saturated carbocycles. The molecule has 33 heavy (non-hydrogen) atoms. The summed E-state index contributed by atoms with van der Waals surface area (Å²) in [6, 6.07) is 0. The second-order valence-corrected chi connectivity index (χ2v) is 9.81. The van der Waals surface area contributed by atoms with Gasteiger partial charge in [-0.2, -0.15) is 0 Å². The van der Waals surface area contributed by atoms with Gasteiger partial charge in [0.15, 0.2) is 0 Å². The fourth-order valence-corrected chi connectivity index (χ4v) is 4.21. The molecule has 0 fully saturated rings. The van der Waals surface area contributed by atoms with Crippen molar-refractivity contribution in [2.75, 3.05) is 13.2 Å². The van der Waals surface area contributed by atoms with E-state index in [-0.39, 0.29) is 5.97 Å². The van der Waals surface area contributed by atoms with Gasteiger partial charge in [-0.3, -0.25) is 4.79 Å². The van der Waals surface area contributed by atoms with Crippen LogP contribution in [0.15, 0.2) is 12.2 Å². The zero-order valence-corrected chi connectivity index (χ0v) is 22.3. The van der Waals surface area contributed by atoms with Gasteiger partial charge in [0.1, 0.15) is 0 Å². The van der Waals surface area contributed by atoms with Crippen LogP contribution in [0, 0.1) is 0 Å². The van der Waals surface area contributed by atoms with Gasteiger partial charge in [0.05, 0.1) is 6.61 Å². The molecule has 0 heterocycles. The summed E-state index contributed by atoms with van der Waals surface area (Å²) in [4.78, 5) is 11.8. The quantitative estimate of drug-likeness (QED) is 0.0744. The van der Waals surface area contributed by atoms with Gasteiger partial charge in [0.2, 0.25) is 0 Å². The molecular weight excluding hydrogens is 408 g/mol. The number of aliphatic hydroxyl groups is 1. The van der Waals surface area contributed by atoms with Crippen molar-refractivity contribution in [3.05, 3.63) is 12.2 Å². The van der Waals surface area contributed by atoms with Gasteiger partial charge in [-0.1, -0.05) is 128 Å². The number of carbonyl (C=O) groups excluding carboxylic acids is 1. The molecule has 0 aromatic carbocycles. The molecule has 0 aliphatic carbocycles. The summed E-state index contributed by atoms with van der Waals surface area (Å²) in [5.41, 5.74) is 0. The Labute approximate surface area is 207 Å². The van der Waals surface area contributed by atoms with Crippen molar-refractivity contribution >= 4 is 5.97 Å². The number of hydrogen-bond donors (Lipinski definition) is 1. The number of unbranched alkanes of at least 4 members (excludes halogenated alkanes) is 20. The Balaban J connectivity index is 3.16. The largest absolute Gasteiger partial charge is 0.466 e. The van der Waals surface area contributed by atoms with Crippen LogP contribution in [0.1, 0.15) is 161 Å². The van der Waals surface area contributed by atoms with Crippen molar-refractivity contribution in [1.82, 2.24) is 0 Å². The lowest BCUT2D eigenvalue weighted by molar-refractivity contribution is -0.143. The van der Waals surface area contributed by atoms with Gasteiger partial charge in [0, 0.05) is 13.0 Å². The molecule has 1 N–H and O–H groups in total. The van der Waals surface area contributed by atoms with Crippen molar-refractivity contribution in [3.8, 4) is 0 Å². The Bertz CT molecular complexity index is 405. The van der Waals surface area contributed by atoms with Crippen molar-refractivity contribution in [3.63, 3.8) is 0 Å². The SMILES string of the molecule is CCCC/C=C\CCCCCCCC(=O)OCCCCCCCCCCCCCCCCO. The van der Waals surface area contributed by atoms with Gasteiger partial charge in [-0.25, -0.2) is 0 Å². The zero-order chi connectivity index (χ0) is 24.1. The second-order valence-electron chi connectivity index (χ2n) is 9.81. The minimum atomic E-state index is 0.00209. The van der Waals surface area contributed by atoms with Crippen LogP contribution >= 0.6 is 0 Å². The number of hydrogen-bond acceptors (Lipinski definition) is 3. The first-order valence-electron chi connectivity index (χ1n) is 14.7. The maximum absolute atomic E-state index is 11.8. The van der Waals surface area contributed by atoms with Gasteiger partial charge in [0.25, 0.3) is 0 Å². The summed E-state index contributed by atoms with van der Waals surface area (Å²) in [6.07, 6.45) is 34.0. The highest BCUT2D eigenvalue weighted by molar-refractivity contribution is 5.69. The fourth-order valence-electron chi connectivity index (χ4n) is 4.21. The molecular formula is C30H58O3. The molecule has 0 spiro atoms. The van der Waals surface area contributed by atoms with E-state index in [0.717, 1.165) is 25.7 Å². The maximum atomic E-state index is 11.8. The number of aliphatic hydroxyl groups excluding tert-OH is 1. The second kappa shape index (κ2) is 29.2. The summed E-state index contributed by atoms with van der Waals surface area (Å²) in [5.74, 6) is 0.00209. The smallest absolute Gasteiger partial charge is 0.305 e. The minimum Gasteiger partial charge on any atom is -0.466 e. The summed E-state index contributed by atoms with van der Waals surface area (Å²) in [5, 5.41) is 8.75. The number of ether oxygens (including phenoxy) is 1. The Kier molecular flexibility index (Phi) is 28.5. The lowest BCUT2D eigenvalue weighted by Crippen LogP contribution is -2.05. The van der Waals surface area contributed by atoms with Crippen molar-refractivity contribution in [2.45, 2.75) is 161 Å². The van der Waals surface area contributed by atoms with E-state index in [0.29, 0.717) is 19.6 Å². The van der Waals surface area contributed by atoms with Crippen LogP contribution in [-0.4, -0.2) is 24.3 Å². The van der Waals surface area contributed by atoms with E-state index >= 15 is 0 Å². The lowest BCUT2D eigenvalue weighted by atomic mass is 10.0. The first-order chi connectivity index (χ1) is 16.3. The van der Waals surface area contributed by atoms with Crippen LogP contribution in [0.25, 0.3) is 0 Å². The molecule has 0 rings (SSSR count). The predicted octanol–water partition coefficient (Wildman–Crippen LogP) is 9.46. The van der Waals surface area contributed by atoms with E-state index in [1.54, 1.807) is 0 Å². The molecule has 0 aliphatic rings. The van der Waals surface area contributed by atoms with E-state index in [4.69, 9.17) is 9.84 Å². The number of esters is 1. The topological polar surface area (TPSA) is 46.5 Å². The number of carbonyl (C=O) groups is 1. The van der Waals surface area contributed by atoms with Crippen molar-refractivity contribution in [1.29, 1.82) is 0 Å². The predicted molar refractivity (Wildman–Crippen MR) is 144 cm³/mol.